The van der Waals surface area contributed by atoms with Crippen LogP contribution < -0.4 is 5.32 Å². The van der Waals surface area contributed by atoms with Crippen LogP contribution in [0.1, 0.15) is 42.9 Å². The van der Waals surface area contributed by atoms with E-state index >= 15 is 0 Å². The fourth-order valence-electron chi connectivity index (χ4n) is 3.12. The minimum Gasteiger partial charge on any atom is -0.445 e. The first-order chi connectivity index (χ1) is 11.3. The molecule has 2 aromatic carbocycles. The van der Waals surface area contributed by atoms with Gasteiger partial charge in [0.1, 0.15) is 6.61 Å². The van der Waals surface area contributed by atoms with Crippen molar-refractivity contribution in [3.63, 3.8) is 0 Å². The molecule has 0 fully saturated rings. The average molecular weight is 309 g/mol. The molecule has 0 aromatic heterocycles. The van der Waals surface area contributed by atoms with Gasteiger partial charge in [-0.3, -0.25) is 0 Å². The summed E-state index contributed by atoms with van der Waals surface area (Å²) in [5, 5.41) is 2.81. The van der Waals surface area contributed by atoms with E-state index in [4.69, 9.17) is 4.74 Å². The Labute approximate surface area is 137 Å². The number of carbonyl (C=O) groups is 1. The molecule has 2 aromatic rings. The van der Waals surface area contributed by atoms with Gasteiger partial charge in [-0.1, -0.05) is 62.2 Å². The number of carbonyl (C=O) groups excluding carboxylic acids is 1. The molecule has 3 nitrogen and oxygen atoms in total. The first-order valence-electron chi connectivity index (χ1n) is 8.39. The van der Waals surface area contributed by atoms with Gasteiger partial charge in [0.15, 0.2) is 0 Å². The predicted octanol–water partition coefficient (Wildman–Crippen LogP) is 4.67. The van der Waals surface area contributed by atoms with Crippen LogP contribution in [-0.4, -0.2) is 12.6 Å². The maximum absolute atomic E-state index is 11.8. The van der Waals surface area contributed by atoms with E-state index in [1.54, 1.807) is 0 Å². The molecule has 1 N–H and O–H groups in total. The molecule has 0 unspecified atom stereocenters. The third-order valence-electron chi connectivity index (χ3n) is 4.36. The third-order valence-corrected chi connectivity index (χ3v) is 4.36. The number of hydrogen-bond donors (Lipinski definition) is 1. The molecule has 1 aliphatic rings. The van der Waals surface area contributed by atoms with Crippen LogP contribution in [0, 0.1) is 0 Å². The van der Waals surface area contributed by atoms with E-state index in [0.717, 1.165) is 31.2 Å². The van der Waals surface area contributed by atoms with Gasteiger partial charge in [0.05, 0.1) is 0 Å². The van der Waals surface area contributed by atoms with Crippen LogP contribution in [-0.2, 0) is 17.8 Å². The lowest BCUT2D eigenvalue weighted by molar-refractivity contribution is 0.139. The summed E-state index contributed by atoms with van der Waals surface area (Å²) >= 11 is 0. The summed E-state index contributed by atoms with van der Waals surface area (Å²) in [6, 6.07) is 14.7. The van der Waals surface area contributed by atoms with Crippen molar-refractivity contribution in [2.24, 2.45) is 0 Å². The van der Waals surface area contributed by atoms with Crippen LogP contribution >= 0.6 is 0 Å². The molecule has 0 saturated heterocycles. The SMILES string of the molecule is CCCCCNC(=O)OCc1cccc2c1Cc1ccccc1-2. The van der Waals surface area contributed by atoms with Crippen LogP contribution in [0.2, 0.25) is 0 Å². The minimum atomic E-state index is -0.325. The van der Waals surface area contributed by atoms with Gasteiger partial charge in [0.2, 0.25) is 0 Å². The van der Waals surface area contributed by atoms with Crippen molar-refractivity contribution >= 4 is 6.09 Å². The lowest BCUT2D eigenvalue weighted by Gasteiger charge is -2.10. The van der Waals surface area contributed by atoms with Crippen molar-refractivity contribution in [2.75, 3.05) is 6.54 Å². The van der Waals surface area contributed by atoms with Crippen LogP contribution in [0.15, 0.2) is 42.5 Å². The normalized spacial score (nSPS) is 11.7. The van der Waals surface area contributed by atoms with E-state index in [-0.39, 0.29) is 6.09 Å². The lowest BCUT2D eigenvalue weighted by atomic mass is 10.0. The topological polar surface area (TPSA) is 38.3 Å². The number of alkyl carbamates (subject to hydrolysis) is 1. The fourth-order valence-corrected chi connectivity index (χ4v) is 3.12. The van der Waals surface area contributed by atoms with E-state index in [1.807, 2.05) is 6.07 Å². The van der Waals surface area contributed by atoms with Crippen molar-refractivity contribution in [1.82, 2.24) is 5.32 Å². The zero-order valence-electron chi connectivity index (χ0n) is 13.6. The zero-order chi connectivity index (χ0) is 16.1. The van der Waals surface area contributed by atoms with Gasteiger partial charge in [0.25, 0.3) is 0 Å². The molecule has 0 atom stereocenters. The van der Waals surface area contributed by atoms with Crippen molar-refractivity contribution in [1.29, 1.82) is 0 Å². The highest BCUT2D eigenvalue weighted by Gasteiger charge is 2.20. The molecule has 23 heavy (non-hydrogen) atoms. The number of hydrogen-bond acceptors (Lipinski definition) is 2. The smallest absolute Gasteiger partial charge is 0.407 e. The molecule has 0 saturated carbocycles. The summed E-state index contributed by atoms with van der Waals surface area (Å²) in [6.07, 6.45) is 3.87. The van der Waals surface area contributed by atoms with Crippen molar-refractivity contribution in [2.45, 2.75) is 39.2 Å². The molecule has 3 heteroatoms. The van der Waals surface area contributed by atoms with Gasteiger partial charge < -0.3 is 10.1 Å². The number of unbranched alkanes of at least 4 members (excludes halogenated alkanes) is 2. The highest BCUT2D eigenvalue weighted by molar-refractivity contribution is 5.78. The Kier molecular flexibility index (Phi) is 4.96. The molecule has 0 spiro atoms. The number of nitrogens with one attached hydrogen (secondary N) is 1. The summed E-state index contributed by atoms with van der Waals surface area (Å²) in [6.45, 7) is 3.16. The summed E-state index contributed by atoms with van der Waals surface area (Å²) in [5.74, 6) is 0. The van der Waals surface area contributed by atoms with Gasteiger partial charge >= 0.3 is 6.09 Å². The Morgan fingerprint density at radius 2 is 1.91 bits per heavy atom. The maximum atomic E-state index is 11.8. The largest absolute Gasteiger partial charge is 0.445 e. The van der Waals surface area contributed by atoms with E-state index in [9.17, 15) is 4.79 Å². The van der Waals surface area contributed by atoms with E-state index in [2.05, 4.69) is 48.6 Å². The molecule has 0 heterocycles. The van der Waals surface area contributed by atoms with Crippen molar-refractivity contribution < 1.29 is 9.53 Å². The number of benzene rings is 2. The number of ether oxygens (including phenoxy) is 1. The third kappa shape index (κ3) is 3.55. The number of amides is 1. The zero-order valence-corrected chi connectivity index (χ0v) is 13.6. The van der Waals surface area contributed by atoms with Gasteiger partial charge in [-0.05, 0) is 40.7 Å². The summed E-state index contributed by atoms with van der Waals surface area (Å²) < 4.78 is 5.38. The van der Waals surface area contributed by atoms with Crippen LogP contribution in [0.4, 0.5) is 4.79 Å². The molecule has 0 aliphatic heterocycles. The Morgan fingerprint density at radius 1 is 1.09 bits per heavy atom. The van der Waals surface area contributed by atoms with Crippen LogP contribution in [0.5, 0.6) is 0 Å². The van der Waals surface area contributed by atoms with Gasteiger partial charge in [-0.15, -0.1) is 0 Å². The van der Waals surface area contributed by atoms with Crippen molar-refractivity contribution in [3.05, 3.63) is 59.2 Å². The molecule has 3 rings (SSSR count). The Bertz CT molecular complexity index is 694. The maximum Gasteiger partial charge on any atom is 0.407 e. The lowest BCUT2D eigenvalue weighted by Crippen LogP contribution is -2.25. The monoisotopic (exact) mass is 309 g/mol. The summed E-state index contributed by atoms with van der Waals surface area (Å²) in [7, 11) is 0. The number of fused-ring (bicyclic) bond motifs is 3. The van der Waals surface area contributed by atoms with Crippen molar-refractivity contribution in [3.8, 4) is 11.1 Å². The van der Waals surface area contributed by atoms with E-state index < -0.39 is 0 Å². The second-order valence-corrected chi connectivity index (χ2v) is 5.99. The van der Waals surface area contributed by atoms with E-state index in [0.29, 0.717) is 13.2 Å². The second-order valence-electron chi connectivity index (χ2n) is 5.99. The average Bonchev–Trinajstić information content (AvgIpc) is 2.96. The van der Waals surface area contributed by atoms with Crippen LogP contribution in [0.3, 0.4) is 0 Å². The quantitative estimate of drug-likeness (QED) is 0.672. The Morgan fingerprint density at radius 3 is 2.78 bits per heavy atom. The highest BCUT2D eigenvalue weighted by atomic mass is 16.5. The minimum absolute atomic E-state index is 0.325. The second kappa shape index (κ2) is 7.32. The molecule has 0 bridgehead atoms. The van der Waals surface area contributed by atoms with Gasteiger partial charge in [0, 0.05) is 6.54 Å². The van der Waals surface area contributed by atoms with Gasteiger partial charge in [-0.25, -0.2) is 4.79 Å². The molecule has 1 aliphatic carbocycles. The fraction of sp³-hybridized carbons (Fsp3) is 0.350. The molecule has 1 amide bonds. The van der Waals surface area contributed by atoms with Crippen LogP contribution in [0.25, 0.3) is 11.1 Å². The molecular formula is C20H23NO2. The first kappa shape index (κ1) is 15.6. The first-order valence-corrected chi connectivity index (χ1v) is 8.39. The molecule has 0 radical (unpaired) electrons. The Balaban J connectivity index is 1.61. The highest BCUT2D eigenvalue weighted by Crippen LogP contribution is 2.38. The predicted molar refractivity (Wildman–Crippen MR) is 92.4 cm³/mol. The summed E-state index contributed by atoms with van der Waals surface area (Å²) in [4.78, 5) is 11.8. The number of rotatable bonds is 6. The molecule has 120 valence electrons. The Hall–Kier alpha value is -2.29. The molecular weight excluding hydrogens is 286 g/mol. The van der Waals surface area contributed by atoms with Gasteiger partial charge in [-0.2, -0.15) is 0 Å². The van der Waals surface area contributed by atoms with E-state index in [1.165, 1.54) is 22.3 Å². The standard InChI is InChI=1S/C20H23NO2/c1-2-3-6-12-21-20(22)23-14-16-9-7-11-18-17-10-5-4-8-15(17)13-19(16)18/h4-5,7-11H,2-3,6,12-14H2,1H3,(H,21,22). The summed E-state index contributed by atoms with van der Waals surface area (Å²) in [5.41, 5.74) is 6.30.